The molecule has 162 valence electrons. The zero-order valence-electron chi connectivity index (χ0n) is 18.1. The standard InChI is InChI=1S/C26H20N4O3/c1-16-11-13-17(14-12-16)30-24(31)19-8-4-3-7-18(19)21(25(30)32)15-27-28-23-20-9-5-6-10-22(20)29(2)26(23)33/h3-15,32H,1-2H3/b27-15+,28-23?. The van der Waals surface area contributed by atoms with Gasteiger partial charge in [0.05, 0.1) is 23.2 Å². The number of carbonyl (C=O) groups is 1. The van der Waals surface area contributed by atoms with Crippen LogP contribution >= 0.6 is 0 Å². The first-order chi connectivity index (χ1) is 16.0. The van der Waals surface area contributed by atoms with E-state index in [2.05, 4.69) is 10.2 Å². The number of anilines is 1. The smallest absolute Gasteiger partial charge is 0.279 e. The Morgan fingerprint density at radius 2 is 1.55 bits per heavy atom. The van der Waals surface area contributed by atoms with E-state index >= 15 is 0 Å². The summed E-state index contributed by atoms with van der Waals surface area (Å²) in [4.78, 5) is 27.3. The first-order valence-electron chi connectivity index (χ1n) is 10.4. The minimum absolute atomic E-state index is 0.222. The van der Waals surface area contributed by atoms with Gasteiger partial charge in [0.1, 0.15) is 0 Å². The lowest BCUT2D eigenvalue weighted by molar-refractivity contribution is -0.111. The fourth-order valence-electron chi connectivity index (χ4n) is 4.01. The van der Waals surface area contributed by atoms with Gasteiger partial charge in [-0.3, -0.25) is 9.59 Å². The number of nitrogens with zero attached hydrogens (tertiary/aromatic N) is 4. The number of fused-ring (bicyclic) bond motifs is 2. The van der Waals surface area contributed by atoms with Gasteiger partial charge in [0.2, 0.25) is 5.88 Å². The van der Waals surface area contributed by atoms with Crippen molar-refractivity contribution in [1.29, 1.82) is 0 Å². The second-order valence-electron chi connectivity index (χ2n) is 7.83. The molecule has 4 aromatic rings. The van der Waals surface area contributed by atoms with Gasteiger partial charge in [0, 0.05) is 23.4 Å². The molecule has 0 atom stereocenters. The third kappa shape index (κ3) is 3.30. The number of hydrogen-bond donors (Lipinski definition) is 1. The monoisotopic (exact) mass is 436 g/mol. The molecule has 1 aliphatic rings. The second kappa shape index (κ2) is 7.87. The Bertz CT molecular complexity index is 1530. The van der Waals surface area contributed by atoms with Gasteiger partial charge in [-0.25, -0.2) is 4.57 Å². The van der Waals surface area contributed by atoms with Crippen LogP contribution in [0.15, 0.2) is 87.8 Å². The maximum absolute atomic E-state index is 13.2. The number of amides is 1. The van der Waals surface area contributed by atoms with E-state index in [0.29, 0.717) is 27.6 Å². The third-order valence-corrected chi connectivity index (χ3v) is 5.77. The van der Waals surface area contributed by atoms with Crippen molar-refractivity contribution in [3.05, 3.63) is 99.8 Å². The fraction of sp³-hybridized carbons (Fsp3) is 0.0769. The summed E-state index contributed by atoms with van der Waals surface area (Å²) in [7, 11) is 1.68. The maximum Gasteiger partial charge on any atom is 0.279 e. The number of aromatic hydroxyl groups is 1. The molecule has 33 heavy (non-hydrogen) atoms. The number of carbonyl (C=O) groups excluding carboxylic acids is 1. The third-order valence-electron chi connectivity index (χ3n) is 5.77. The zero-order chi connectivity index (χ0) is 23.1. The largest absolute Gasteiger partial charge is 0.494 e. The number of likely N-dealkylation sites (N-methyl/N-ethyl adjacent to an activating group) is 1. The number of rotatable bonds is 3. The lowest BCUT2D eigenvalue weighted by Gasteiger charge is -2.13. The second-order valence-corrected chi connectivity index (χ2v) is 7.83. The molecule has 0 aliphatic carbocycles. The van der Waals surface area contributed by atoms with Crippen LogP contribution in [0.25, 0.3) is 16.5 Å². The lowest BCUT2D eigenvalue weighted by atomic mass is 10.1. The summed E-state index contributed by atoms with van der Waals surface area (Å²) in [5.74, 6) is -0.506. The Morgan fingerprint density at radius 3 is 2.30 bits per heavy atom. The molecule has 0 spiro atoms. The molecule has 0 saturated carbocycles. The van der Waals surface area contributed by atoms with Crippen LogP contribution in [0, 0.1) is 6.92 Å². The highest BCUT2D eigenvalue weighted by Gasteiger charge is 2.31. The van der Waals surface area contributed by atoms with Gasteiger partial charge < -0.3 is 10.0 Å². The summed E-state index contributed by atoms with van der Waals surface area (Å²) in [6.45, 7) is 1.95. The minimum Gasteiger partial charge on any atom is -0.494 e. The summed E-state index contributed by atoms with van der Waals surface area (Å²) in [5, 5.41) is 20.4. The van der Waals surface area contributed by atoms with Crippen LogP contribution in [0.5, 0.6) is 5.88 Å². The quantitative estimate of drug-likeness (QED) is 0.391. The Labute approximate surface area is 189 Å². The lowest BCUT2D eigenvalue weighted by Crippen LogP contribution is -2.25. The molecule has 0 unspecified atom stereocenters. The van der Waals surface area contributed by atoms with Crippen LogP contribution in [0.1, 0.15) is 16.7 Å². The number of pyridine rings is 1. The highest BCUT2D eigenvalue weighted by Crippen LogP contribution is 2.28. The van der Waals surface area contributed by atoms with Crippen molar-refractivity contribution in [3.8, 4) is 11.6 Å². The highest BCUT2D eigenvalue weighted by atomic mass is 16.3. The Hall–Kier alpha value is -4.52. The zero-order valence-corrected chi connectivity index (χ0v) is 18.1. The van der Waals surface area contributed by atoms with Crippen molar-refractivity contribution in [2.75, 3.05) is 11.9 Å². The predicted molar refractivity (Wildman–Crippen MR) is 130 cm³/mol. The molecule has 5 rings (SSSR count). The van der Waals surface area contributed by atoms with E-state index in [-0.39, 0.29) is 23.1 Å². The molecular formula is C26H20N4O3. The number of para-hydroxylation sites is 1. The van der Waals surface area contributed by atoms with Gasteiger partial charge in [-0.1, -0.05) is 54.1 Å². The average Bonchev–Trinajstić information content (AvgIpc) is 3.07. The molecule has 1 amide bonds. The Kier molecular flexibility index (Phi) is 4.86. The van der Waals surface area contributed by atoms with E-state index in [1.165, 1.54) is 15.7 Å². The van der Waals surface area contributed by atoms with Gasteiger partial charge in [-0.05, 0) is 31.2 Å². The SMILES string of the molecule is Cc1ccc(-n2c(O)c(/C=N/N=C3C(=O)N(C)c4ccccc43)c3ccccc3c2=O)cc1. The first kappa shape index (κ1) is 20.4. The van der Waals surface area contributed by atoms with Gasteiger partial charge in [0.25, 0.3) is 11.5 Å². The fourth-order valence-corrected chi connectivity index (χ4v) is 4.01. The molecule has 7 nitrogen and oxygen atoms in total. The average molecular weight is 436 g/mol. The molecule has 0 saturated heterocycles. The predicted octanol–water partition coefficient (Wildman–Crippen LogP) is 3.80. The van der Waals surface area contributed by atoms with Crippen molar-refractivity contribution in [2.24, 2.45) is 10.2 Å². The van der Waals surface area contributed by atoms with E-state index < -0.39 is 0 Å². The van der Waals surface area contributed by atoms with Crippen LogP contribution in [-0.2, 0) is 4.79 Å². The van der Waals surface area contributed by atoms with Gasteiger partial charge in [-0.15, -0.1) is 5.10 Å². The maximum atomic E-state index is 13.2. The van der Waals surface area contributed by atoms with Crippen LogP contribution in [0.3, 0.4) is 0 Å². The molecule has 2 heterocycles. The van der Waals surface area contributed by atoms with Crippen molar-refractivity contribution >= 4 is 34.3 Å². The minimum atomic E-state index is -0.336. The van der Waals surface area contributed by atoms with Crippen molar-refractivity contribution < 1.29 is 9.90 Å². The van der Waals surface area contributed by atoms with E-state index in [1.54, 1.807) is 43.4 Å². The summed E-state index contributed by atoms with van der Waals surface area (Å²) in [5.41, 5.74) is 3.25. The van der Waals surface area contributed by atoms with E-state index in [1.807, 2.05) is 43.3 Å². The summed E-state index contributed by atoms with van der Waals surface area (Å²) < 4.78 is 1.25. The normalized spacial score (nSPS) is 14.5. The van der Waals surface area contributed by atoms with Crippen molar-refractivity contribution in [1.82, 2.24) is 4.57 Å². The van der Waals surface area contributed by atoms with Gasteiger partial charge in [-0.2, -0.15) is 5.10 Å². The van der Waals surface area contributed by atoms with Crippen LogP contribution in [-0.4, -0.2) is 34.6 Å². The van der Waals surface area contributed by atoms with Crippen molar-refractivity contribution in [3.63, 3.8) is 0 Å². The molecule has 7 heteroatoms. The van der Waals surface area contributed by atoms with Crippen LogP contribution in [0.2, 0.25) is 0 Å². The van der Waals surface area contributed by atoms with Gasteiger partial charge in [0.15, 0.2) is 5.71 Å². The van der Waals surface area contributed by atoms with E-state index in [4.69, 9.17) is 0 Å². The molecular weight excluding hydrogens is 416 g/mol. The number of hydrogen-bond acceptors (Lipinski definition) is 5. The highest BCUT2D eigenvalue weighted by molar-refractivity contribution is 6.54. The number of aryl methyl sites for hydroxylation is 1. The molecule has 3 aromatic carbocycles. The van der Waals surface area contributed by atoms with Crippen molar-refractivity contribution in [2.45, 2.75) is 6.92 Å². The number of aromatic nitrogens is 1. The summed E-state index contributed by atoms with van der Waals surface area (Å²) >= 11 is 0. The van der Waals surface area contributed by atoms with Crippen LogP contribution in [0.4, 0.5) is 5.69 Å². The molecule has 0 bridgehead atoms. The molecule has 0 radical (unpaired) electrons. The number of benzene rings is 3. The van der Waals surface area contributed by atoms with Gasteiger partial charge >= 0.3 is 0 Å². The van der Waals surface area contributed by atoms with E-state index in [9.17, 15) is 14.7 Å². The molecule has 1 aromatic heterocycles. The molecule has 1 N–H and O–H groups in total. The molecule has 1 aliphatic heterocycles. The topological polar surface area (TPSA) is 87.3 Å². The first-order valence-corrected chi connectivity index (χ1v) is 10.4. The summed E-state index contributed by atoms with van der Waals surface area (Å²) in [6, 6.07) is 21.6. The Balaban J connectivity index is 1.67. The van der Waals surface area contributed by atoms with E-state index in [0.717, 1.165) is 11.3 Å². The molecule has 0 fully saturated rings. The summed E-state index contributed by atoms with van der Waals surface area (Å²) in [6.07, 6.45) is 1.38. The Morgan fingerprint density at radius 1 is 0.879 bits per heavy atom. The van der Waals surface area contributed by atoms with Crippen LogP contribution < -0.4 is 10.5 Å².